The van der Waals surface area contributed by atoms with E-state index < -0.39 is 17.6 Å². The molecule has 214 valence electrons. The average molecular weight is 572 g/mol. The number of carbonyl (C=O) groups is 1. The minimum atomic E-state index is -0.980. The summed E-state index contributed by atoms with van der Waals surface area (Å²) >= 11 is 0. The smallest absolute Gasteiger partial charge is 0.335 e. The quantitative estimate of drug-likeness (QED) is 0.314. The summed E-state index contributed by atoms with van der Waals surface area (Å²) in [5, 5.41) is 18.4. The van der Waals surface area contributed by atoms with Crippen molar-refractivity contribution in [1.82, 2.24) is 19.4 Å². The number of piperidine rings is 1. The summed E-state index contributed by atoms with van der Waals surface area (Å²) in [6, 6.07) is 13.9. The van der Waals surface area contributed by atoms with Gasteiger partial charge in [0.25, 0.3) is 0 Å². The van der Waals surface area contributed by atoms with E-state index in [1.807, 2.05) is 6.07 Å². The average Bonchev–Trinajstić information content (AvgIpc) is 3.36. The Labute approximate surface area is 239 Å². The molecule has 0 amide bonds. The number of aromatic nitrogens is 3. The van der Waals surface area contributed by atoms with Crippen LogP contribution in [0.1, 0.15) is 46.0 Å². The fourth-order valence-corrected chi connectivity index (χ4v) is 6.26. The van der Waals surface area contributed by atoms with Gasteiger partial charge >= 0.3 is 5.97 Å². The van der Waals surface area contributed by atoms with Crippen LogP contribution in [0.3, 0.4) is 0 Å². The van der Waals surface area contributed by atoms with Gasteiger partial charge in [-0.3, -0.25) is 9.88 Å². The molecule has 2 aliphatic heterocycles. The maximum Gasteiger partial charge on any atom is 0.335 e. The predicted octanol–water partition coefficient (Wildman–Crippen LogP) is 4.42. The van der Waals surface area contributed by atoms with E-state index >= 15 is 0 Å². The first kappa shape index (κ1) is 26.5. The van der Waals surface area contributed by atoms with Crippen LogP contribution in [0, 0.1) is 28.9 Å². The van der Waals surface area contributed by atoms with Crippen molar-refractivity contribution in [3.63, 3.8) is 0 Å². The van der Waals surface area contributed by atoms with Crippen LogP contribution >= 0.6 is 0 Å². The number of nitriles is 1. The molecular formula is C31H27F2N5O4. The van der Waals surface area contributed by atoms with Gasteiger partial charge in [0.05, 0.1) is 47.4 Å². The van der Waals surface area contributed by atoms with Crippen molar-refractivity contribution in [2.24, 2.45) is 5.92 Å². The molecule has 0 radical (unpaired) electrons. The molecule has 2 saturated heterocycles. The Hall–Kier alpha value is -4.40. The van der Waals surface area contributed by atoms with Crippen LogP contribution in [0.5, 0.6) is 5.75 Å². The molecule has 1 saturated carbocycles. The number of ether oxygens (including phenoxy) is 2. The van der Waals surface area contributed by atoms with Crippen LogP contribution in [0.2, 0.25) is 0 Å². The van der Waals surface area contributed by atoms with E-state index in [2.05, 4.69) is 14.5 Å². The molecule has 3 atom stereocenters. The molecule has 7 rings (SSSR count). The van der Waals surface area contributed by atoms with Gasteiger partial charge in [-0.05, 0) is 67.3 Å². The normalized spacial score (nSPS) is 22.9. The standard InChI is InChI=1S/C31H27F2N5O4/c32-22-3-6-28(35-25(22)16-42-27-5-1-18(12-34)9-23(27)33)31-11-20(31)13-37(17-31)15-29-36-24-4-2-19(30(39)40)10-26(24)38(29)14-21-7-8-41-21/h1-6,9-10,20-21H,7-8,11,13-17H2,(H,39,40)/t20?,21-,31?/m0/s1. The second kappa shape index (κ2) is 10.2. The van der Waals surface area contributed by atoms with Gasteiger partial charge in [0, 0.05) is 30.8 Å². The SMILES string of the molecule is N#Cc1ccc(OCc2nc(C34CC3CN(Cc3nc5ccc(C(=O)O)cc5n3C[C@@H]3CCO3)C4)ccc2F)c(F)c1. The third-order valence-corrected chi connectivity index (χ3v) is 8.69. The zero-order valence-corrected chi connectivity index (χ0v) is 22.6. The summed E-state index contributed by atoms with van der Waals surface area (Å²) in [4.78, 5) is 23.4. The first-order chi connectivity index (χ1) is 20.3. The minimum Gasteiger partial charge on any atom is -0.484 e. The number of carboxylic acids is 1. The van der Waals surface area contributed by atoms with Crippen molar-refractivity contribution >= 4 is 17.0 Å². The summed E-state index contributed by atoms with van der Waals surface area (Å²) in [5.74, 6) is -1.04. The number of aromatic carboxylic acids is 1. The molecular weight excluding hydrogens is 544 g/mol. The highest BCUT2D eigenvalue weighted by atomic mass is 19.1. The molecule has 1 aliphatic carbocycles. The molecule has 3 fully saturated rings. The number of hydrogen-bond donors (Lipinski definition) is 1. The molecule has 11 heteroatoms. The Balaban J connectivity index is 1.09. The van der Waals surface area contributed by atoms with Gasteiger partial charge < -0.3 is 19.1 Å². The molecule has 4 aromatic rings. The first-order valence-electron chi connectivity index (χ1n) is 13.9. The molecule has 9 nitrogen and oxygen atoms in total. The molecule has 3 aliphatic rings. The number of halogens is 2. The van der Waals surface area contributed by atoms with Crippen LogP contribution in [0.25, 0.3) is 11.0 Å². The van der Waals surface area contributed by atoms with Gasteiger partial charge in [0.2, 0.25) is 0 Å². The third kappa shape index (κ3) is 4.66. The molecule has 0 spiro atoms. The number of pyridine rings is 1. The summed E-state index contributed by atoms with van der Waals surface area (Å²) < 4.78 is 42.2. The Kier molecular flexibility index (Phi) is 6.40. The molecule has 1 N–H and O–H groups in total. The predicted molar refractivity (Wildman–Crippen MR) is 146 cm³/mol. The number of likely N-dealkylation sites (tertiary alicyclic amines) is 1. The second-order valence-corrected chi connectivity index (χ2v) is 11.3. The van der Waals surface area contributed by atoms with E-state index in [0.29, 0.717) is 19.0 Å². The van der Waals surface area contributed by atoms with Crippen molar-refractivity contribution in [2.75, 3.05) is 19.7 Å². The summed E-state index contributed by atoms with van der Waals surface area (Å²) in [7, 11) is 0. The van der Waals surface area contributed by atoms with E-state index in [1.54, 1.807) is 24.3 Å². The molecule has 2 aromatic carbocycles. The zero-order chi connectivity index (χ0) is 29.0. The summed E-state index contributed by atoms with van der Waals surface area (Å²) in [6.07, 6.45) is 1.98. The van der Waals surface area contributed by atoms with Crippen LogP contribution in [-0.4, -0.2) is 56.3 Å². The number of carboxylic acid groups (broad SMARTS) is 1. The number of fused-ring (bicyclic) bond motifs is 2. The highest BCUT2D eigenvalue weighted by Gasteiger charge is 2.61. The molecule has 2 unspecified atom stereocenters. The topological polar surface area (TPSA) is 114 Å². The van der Waals surface area contributed by atoms with Crippen molar-refractivity contribution in [1.29, 1.82) is 5.26 Å². The van der Waals surface area contributed by atoms with E-state index in [0.717, 1.165) is 61.2 Å². The lowest BCUT2D eigenvalue weighted by Crippen LogP contribution is -2.33. The largest absolute Gasteiger partial charge is 0.484 e. The first-order valence-corrected chi connectivity index (χ1v) is 13.9. The third-order valence-electron chi connectivity index (χ3n) is 8.69. The van der Waals surface area contributed by atoms with Gasteiger partial charge in [-0.25, -0.2) is 18.6 Å². The Morgan fingerprint density at radius 3 is 2.76 bits per heavy atom. The van der Waals surface area contributed by atoms with Crippen molar-refractivity contribution in [3.05, 3.63) is 88.5 Å². The molecule has 42 heavy (non-hydrogen) atoms. The molecule has 4 heterocycles. The fourth-order valence-electron chi connectivity index (χ4n) is 6.26. The monoisotopic (exact) mass is 571 g/mol. The number of hydrogen-bond acceptors (Lipinski definition) is 7. The van der Waals surface area contributed by atoms with Crippen LogP contribution in [0.15, 0.2) is 48.5 Å². The Bertz CT molecular complexity index is 1760. The number of rotatable bonds is 9. The van der Waals surface area contributed by atoms with Gasteiger partial charge in [-0.1, -0.05) is 0 Å². The van der Waals surface area contributed by atoms with Gasteiger partial charge in [0.15, 0.2) is 11.6 Å². The van der Waals surface area contributed by atoms with E-state index in [-0.39, 0.29) is 40.7 Å². The fraction of sp³-hybridized carbons (Fsp3) is 0.355. The van der Waals surface area contributed by atoms with Gasteiger partial charge in [-0.2, -0.15) is 5.26 Å². The van der Waals surface area contributed by atoms with Gasteiger partial charge in [-0.15, -0.1) is 0 Å². The molecule has 2 aromatic heterocycles. The van der Waals surface area contributed by atoms with Gasteiger partial charge in [0.1, 0.15) is 23.9 Å². The highest BCUT2D eigenvalue weighted by molar-refractivity contribution is 5.92. The van der Waals surface area contributed by atoms with Crippen molar-refractivity contribution in [2.45, 2.75) is 44.1 Å². The maximum atomic E-state index is 14.7. The van der Waals surface area contributed by atoms with Crippen molar-refractivity contribution < 1.29 is 28.2 Å². The van der Waals surface area contributed by atoms with E-state index in [4.69, 9.17) is 19.7 Å². The van der Waals surface area contributed by atoms with Crippen LogP contribution in [0.4, 0.5) is 8.78 Å². The lowest BCUT2D eigenvalue weighted by atomic mass is 10.0. The Morgan fingerprint density at radius 2 is 2.02 bits per heavy atom. The number of nitrogens with zero attached hydrogens (tertiary/aromatic N) is 5. The number of imidazole rings is 1. The lowest BCUT2D eigenvalue weighted by Gasteiger charge is -2.28. The second-order valence-electron chi connectivity index (χ2n) is 11.3. The van der Waals surface area contributed by atoms with Crippen molar-refractivity contribution in [3.8, 4) is 11.8 Å². The minimum absolute atomic E-state index is 0.0687. The summed E-state index contributed by atoms with van der Waals surface area (Å²) in [5.41, 5.74) is 2.61. The summed E-state index contributed by atoms with van der Waals surface area (Å²) in [6.45, 7) is 3.24. The van der Waals surface area contributed by atoms with Crippen LogP contribution < -0.4 is 4.74 Å². The van der Waals surface area contributed by atoms with E-state index in [1.165, 1.54) is 18.2 Å². The maximum absolute atomic E-state index is 14.7. The number of benzene rings is 2. The van der Waals surface area contributed by atoms with Crippen LogP contribution in [-0.2, 0) is 29.8 Å². The molecule has 0 bridgehead atoms. The van der Waals surface area contributed by atoms with E-state index in [9.17, 15) is 18.7 Å². The highest BCUT2D eigenvalue weighted by Crippen LogP contribution is 2.58. The Morgan fingerprint density at radius 1 is 1.17 bits per heavy atom. The lowest BCUT2D eigenvalue weighted by molar-refractivity contribution is -0.0591. The zero-order valence-electron chi connectivity index (χ0n) is 22.6.